The van der Waals surface area contributed by atoms with Gasteiger partial charge in [-0.1, -0.05) is 0 Å². The number of amides is 2. The molecule has 1 N–H and O–H groups in total. The molecule has 1 aliphatic rings. The van der Waals surface area contributed by atoms with Crippen LogP contribution in [0.5, 0.6) is 0 Å². The topological polar surface area (TPSA) is 58.6 Å². The van der Waals surface area contributed by atoms with E-state index in [1.165, 1.54) is 6.92 Å². The average molecular weight is 200 g/mol. The van der Waals surface area contributed by atoms with Crippen LogP contribution in [0.4, 0.5) is 4.79 Å². The van der Waals surface area contributed by atoms with E-state index in [9.17, 15) is 9.59 Å². The molecule has 1 saturated heterocycles. The van der Waals surface area contributed by atoms with Crippen molar-refractivity contribution >= 4 is 12.0 Å². The molecule has 1 aliphatic heterocycles. The van der Waals surface area contributed by atoms with Crippen molar-refractivity contribution in [3.8, 4) is 0 Å². The van der Waals surface area contributed by atoms with Crippen molar-refractivity contribution in [1.29, 1.82) is 0 Å². The van der Waals surface area contributed by atoms with E-state index in [1.54, 1.807) is 11.9 Å². The number of urea groups is 1. The van der Waals surface area contributed by atoms with Gasteiger partial charge in [-0.3, -0.25) is 4.79 Å². The molecular formula is C9H16N2O3. The Morgan fingerprint density at radius 1 is 1.36 bits per heavy atom. The van der Waals surface area contributed by atoms with E-state index in [0.29, 0.717) is 13.1 Å². The molecule has 0 aromatic heterocycles. The highest BCUT2D eigenvalue weighted by Crippen LogP contribution is 2.13. The number of hydrogen-bond donors (Lipinski definition) is 1. The van der Waals surface area contributed by atoms with Crippen LogP contribution in [0.25, 0.3) is 0 Å². The maximum Gasteiger partial charge on any atom is 0.317 e. The molecule has 0 unspecified atom stereocenters. The molecule has 0 aromatic rings. The minimum absolute atomic E-state index is 0.0200. The summed E-state index contributed by atoms with van der Waals surface area (Å²) in [4.78, 5) is 23.6. The van der Waals surface area contributed by atoms with Gasteiger partial charge in [0.2, 0.25) is 0 Å². The summed E-state index contributed by atoms with van der Waals surface area (Å²) < 4.78 is 5.06. The lowest BCUT2D eigenvalue weighted by molar-refractivity contribution is -0.148. The highest BCUT2D eigenvalue weighted by molar-refractivity contribution is 5.73. The molecule has 5 heteroatoms. The van der Waals surface area contributed by atoms with E-state index in [0.717, 1.165) is 12.8 Å². The second kappa shape index (κ2) is 4.83. The van der Waals surface area contributed by atoms with Gasteiger partial charge >= 0.3 is 12.0 Å². The molecule has 0 spiro atoms. The number of nitrogens with one attached hydrogen (secondary N) is 1. The summed E-state index contributed by atoms with van der Waals surface area (Å²) in [6.45, 7) is 2.71. The van der Waals surface area contributed by atoms with E-state index in [4.69, 9.17) is 4.74 Å². The minimum Gasteiger partial charge on any atom is -0.462 e. The number of likely N-dealkylation sites (tertiary alicyclic amines) is 1. The Kier molecular flexibility index (Phi) is 3.73. The maximum atomic E-state index is 11.2. The fourth-order valence-electron chi connectivity index (χ4n) is 1.57. The van der Waals surface area contributed by atoms with Crippen LogP contribution in [0.2, 0.25) is 0 Å². The fourth-order valence-corrected chi connectivity index (χ4v) is 1.57. The van der Waals surface area contributed by atoms with E-state index < -0.39 is 0 Å². The first-order valence-corrected chi connectivity index (χ1v) is 4.77. The van der Waals surface area contributed by atoms with Crippen LogP contribution in [0.15, 0.2) is 0 Å². The summed E-state index contributed by atoms with van der Waals surface area (Å²) in [7, 11) is 1.61. The SMILES string of the molecule is CNC(=O)N1CCC(OC(C)=O)CC1. The predicted octanol–water partition coefficient (Wildman–Crippen LogP) is 0.353. The molecule has 2 amide bonds. The van der Waals surface area contributed by atoms with Crippen molar-refractivity contribution in [1.82, 2.24) is 10.2 Å². The number of nitrogens with zero attached hydrogens (tertiary/aromatic N) is 1. The van der Waals surface area contributed by atoms with Gasteiger partial charge in [0.15, 0.2) is 0 Å². The number of hydrogen-bond acceptors (Lipinski definition) is 3. The first kappa shape index (κ1) is 10.8. The average Bonchev–Trinajstić information content (AvgIpc) is 2.17. The number of carbonyl (C=O) groups excluding carboxylic acids is 2. The van der Waals surface area contributed by atoms with Crippen LogP contribution >= 0.6 is 0 Å². The molecule has 1 heterocycles. The van der Waals surface area contributed by atoms with Crippen LogP contribution in [-0.4, -0.2) is 43.1 Å². The summed E-state index contributed by atoms with van der Waals surface area (Å²) in [5.74, 6) is -0.247. The van der Waals surface area contributed by atoms with Crippen LogP contribution < -0.4 is 5.32 Å². The van der Waals surface area contributed by atoms with Gasteiger partial charge in [0.1, 0.15) is 6.10 Å². The van der Waals surface area contributed by atoms with Gasteiger partial charge in [-0.15, -0.1) is 0 Å². The fraction of sp³-hybridized carbons (Fsp3) is 0.778. The van der Waals surface area contributed by atoms with Gasteiger partial charge in [0.05, 0.1) is 0 Å². The largest absolute Gasteiger partial charge is 0.462 e. The van der Waals surface area contributed by atoms with Crippen molar-refractivity contribution < 1.29 is 14.3 Å². The predicted molar refractivity (Wildman–Crippen MR) is 50.8 cm³/mol. The third-order valence-corrected chi connectivity index (χ3v) is 2.28. The maximum absolute atomic E-state index is 11.2. The number of ether oxygens (including phenoxy) is 1. The van der Waals surface area contributed by atoms with Crippen molar-refractivity contribution in [2.75, 3.05) is 20.1 Å². The summed E-state index contributed by atoms with van der Waals surface area (Å²) in [6, 6.07) is -0.0636. The Bertz CT molecular complexity index is 222. The monoisotopic (exact) mass is 200 g/mol. The third kappa shape index (κ3) is 2.90. The molecule has 14 heavy (non-hydrogen) atoms. The van der Waals surface area contributed by atoms with E-state index >= 15 is 0 Å². The lowest BCUT2D eigenvalue weighted by Gasteiger charge is -2.31. The molecule has 0 saturated carbocycles. The second-order valence-electron chi connectivity index (χ2n) is 3.35. The van der Waals surface area contributed by atoms with Gasteiger partial charge < -0.3 is 15.0 Å². The van der Waals surface area contributed by atoms with E-state index in [1.807, 2.05) is 0 Å². The summed E-state index contributed by atoms with van der Waals surface area (Å²) in [5, 5.41) is 2.57. The molecule has 1 fully saturated rings. The van der Waals surface area contributed by atoms with Gasteiger partial charge in [-0.05, 0) is 0 Å². The third-order valence-electron chi connectivity index (χ3n) is 2.28. The molecule has 5 nitrogen and oxygen atoms in total. The van der Waals surface area contributed by atoms with Crippen LogP contribution in [0, 0.1) is 0 Å². The first-order valence-electron chi connectivity index (χ1n) is 4.77. The Morgan fingerprint density at radius 2 is 1.93 bits per heavy atom. The summed E-state index contributed by atoms with van der Waals surface area (Å²) in [6.07, 6.45) is 1.44. The number of esters is 1. The van der Waals surface area contributed by atoms with Crippen molar-refractivity contribution in [2.45, 2.75) is 25.9 Å². The lowest BCUT2D eigenvalue weighted by Crippen LogP contribution is -2.45. The molecular weight excluding hydrogens is 184 g/mol. The number of rotatable bonds is 1. The molecule has 0 bridgehead atoms. The minimum atomic E-state index is -0.247. The molecule has 0 aliphatic carbocycles. The van der Waals surface area contributed by atoms with Crippen molar-refractivity contribution in [2.24, 2.45) is 0 Å². The van der Waals surface area contributed by atoms with Crippen molar-refractivity contribution in [3.63, 3.8) is 0 Å². The van der Waals surface area contributed by atoms with Gasteiger partial charge in [0.25, 0.3) is 0 Å². The number of piperidine rings is 1. The zero-order valence-corrected chi connectivity index (χ0v) is 8.58. The van der Waals surface area contributed by atoms with Gasteiger partial charge in [0, 0.05) is 39.9 Å². The van der Waals surface area contributed by atoms with Crippen LogP contribution in [0.3, 0.4) is 0 Å². The van der Waals surface area contributed by atoms with Crippen LogP contribution in [0.1, 0.15) is 19.8 Å². The van der Waals surface area contributed by atoms with E-state index in [2.05, 4.69) is 5.32 Å². The Labute approximate surface area is 83.4 Å². The smallest absolute Gasteiger partial charge is 0.317 e. The molecule has 80 valence electrons. The van der Waals surface area contributed by atoms with E-state index in [-0.39, 0.29) is 18.1 Å². The normalized spacial score (nSPS) is 17.7. The Balaban J connectivity index is 2.31. The molecule has 0 radical (unpaired) electrons. The zero-order chi connectivity index (χ0) is 10.6. The summed E-state index contributed by atoms with van der Waals surface area (Å²) in [5.41, 5.74) is 0. The van der Waals surface area contributed by atoms with Gasteiger partial charge in [-0.2, -0.15) is 0 Å². The quantitative estimate of drug-likeness (QED) is 0.621. The van der Waals surface area contributed by atoms with Gasteiger partial charge in [-0.25, -0.2) is 4.79 Å². The van der Waals surface area contributed by atoms with Crippen LogP contribution in [-0.2, 0) is 9.53 Å². The van der Waals surface area contributed by atoms with Crippen molar-refractivity contribution in [3.05, 3.63) is 0 Å². The lowest BCUT2D eigenvalue weighted by atomic mass is 10.1. The first-order chi connectivity index (χ1) is 6.63. The summed E-state index contributed by atoms with van der Waals surface area (Å²) >= 11 is 0. The zero-order valence-electron chi connectivity index (χ0n) is 8.58. The second-order valence-corrected chi connectivity index (χ2v) is 3.35. The number of carbonyl (C=O) groups is 2. The highest BCUT2D eigenvalue weighted by Gasteiger charge is 2.23. The Hall–Kier alpha value is -1.26. The highest BCUT2D eigenvalue weighted by atomic mass is 16.5. The molecule has 1 rings (SSSR count). The standard InChI is InChI=1S/C9H16N2O3/c1-7(12)14-8-3-5-11(6-4-8)9(13)10-2/h8H,3-6H2,1-2H3,(H,10,13). The molecule has 0 aromatic carbocycles. The Morgan fingerprint density at radius 3 is 2.36 bits per heavy atom. The molecule has 0 atom stereocenters.